The molecule has 3 rings (SSSR count). The number of fused-ring (bicyclic) bond motifs is 3. The number of aromatic amines is 2. The van der Waals surface area contributed by atoms with Crippen LogP contribution in [0.5, 0.6) is 0 Å². The van der Waals surface area contributed by atoms with Gasteiger partial charge in [-0.1, -0.05) is 18.2 Å². The number of hydrogen-bond acceptors (Lipinski definition) is 3. The Morgan fingerprint density at radius 3 is 2.89 bits per heavy atom. The SMILES string of the molecule is CCOC(=O)c1c[nH]c(=O)c2[nH]c3ccccc3c12. The molecule has 96 valence electrons. The number of hydrogen-bond donors (Lipinski definition) is 2. The lowest BCUT2D eigenvalue weighted by Gasteiger charge is -2.03. The average molecular weight is 256 g/mol. The number of benzene rings is 1. The summed E-state index contributed by atoms with van der Waals surface area (Å²) in [5.74, 6) is -0.437. The summed E-state index contributed by atoms with van der Waals surface area (Å²) in [6.07, 6.45) is 1.41. The number of nitrogens with one attached hydrogen (secondary N) is 2. The predicted molar refractivity (Wildman–Crippen MR) is 72.4 cm³/mol. The number of H-pyrrole nitrogens is 2. The summed E-state index contributed by atoms with van der Waals surface area (Å²) in [5, 5.41) is 1.45. The molecular weight excluding hydrogens is 244 g/mol. The largest absolute Gasteiger partial charge is 0.462 e. The molecule has 2 aromatic heterocycles. The first-order valence-electron chi connectivity index (χ1n) is 6.01. The van der Waals surface area contributed by atoms with Gasteiger partial charge < -0.3 is 14.7 Å². The minimum absolute atomic E-state index is 0.251. The standard InChI is InChI=1S/C14H12N2O3/c1-2-19-14(18)9-7-15-13(17)12-11(9)8-5-3-4-6-10(8)16-12/h3-7,16H,2H2,1H3,(H,15,17). The molecule has 19 heavy (non-hydrogen) atoms. The van der Waals surface area contributed by atoms with Crippen molar-refractivity contribution < 1.29 is 9.53 Å². The van der Waals surface area contributed by atoms with Gasteiger partial charge in [0.15, 0.2) is 0 Å². The topological polar surface area (TPSA) is 75.0 Å². The normalized spacial score (nSPS) is 11.0. The first kappa shape index (κ1) is 11.5. The lowest BCUT2D eigenvalue weighted by molar-refractivity contribution is 0.0528. The Balaban J connectivity index is 2.43. The summed E-state index contributed by atoms with van der Waals surface area (Å²) in [5.41, 5.74) is 1.33. The van der Waals surface area contributed by atoms with Gasteiger partial charge in [-0.3, -0.25) is 4.79 Å². The molecule has 0 fully saturated rings. The van der Waals surface area contributed by atoms with Gasteiger partial charge in [-0.25, -0.2) is 4.79 Å². The molecule has 0 unspecified atom stereocenters. The predicted octanol–water partition coefficient (Wildman–Crippen LogP) is 2.19. The zero-order chi connectivity index (χ0) is 13.4. The van der Waals surface area contributed by atoms with Gasteiger partial charge in [0.1, 0.15) is 5.52 Å². The van der Waals surface area contributed by atoms with E-state index >= 15 is 0 Å². The molecule has 0 bridgehead atoms. The number of carbonyl (C=O) groups excluding carboxylic acids is 1. The van der Waals surface area contributed by atoms with Crippen LogP contribution < -0.4 is 5.56 Å². The zero-order valence-corrected chi connectivity index (χ0v) is 10.3. The summed E-state index contributed by atoms with van der Waals surface area (Å²) in [7, 11) is 0. The second kappa shape index (κ2) is 4.28. The monoisotopic (exact) mass is 256 g/mol. The van der Waals surface area contributed by atoms with E-state index in [4.69, 9.17) is 4.74 Å². The highest BCUT2D eigenvalue weighted by Gasteiger charge is 2.17. The fourth-order valence-corrected chi connectivity index (χ4v) is 2.24. The molecule has 0 saturated carbocycles. The average Bonchev–Trinajstić information content (AvgIpc) is 2.80. The van der Waals surface area contributed by atoms with Gasteiger partial charge in [-0.05, 0) is 13.0 Å². The third-order valence-corrected chi connectivity index (χ3v) is 3.05. The van der Waals surface area contributed by atoms with Crippen molar-refractivity contribution in [3.63, 3.8) is 0 Å². The molecule has 1 aromatic carbocycles. The van der Waals surface area contributed by atoms with E-state index in [2.05, 4.69) is 9.97 Å². The fraction of sp³-hybridized carbons (Fsp3) is 0.143. The summed E-state index contributed by atoms with van der Waals surface area (Å²) < 4.78 is 5.02. The Labute approximate surface area is 108 Å². The van der Waals surface area contributed by atoms with E-state index in [-0.39, 0.29) is 5.56 Å². The number of aromatic nitrogens is 2. The summed E-state index contributed by atoms with van der Waals surface area (Å²) in [6, 6.07) is 7.47. The molecule has 3 aromatic rings. The maximum atomic E-state index is 12.0. The lowest BCUT2D eigenvalue weighted by atomic mass is 10.1. The van der Waals surface area contributed by atoms with Crippen molar-refractivity contribution in [1.29, 1.82) is 0 Å². The quantitative estimate of drug-likeness (QED) is 0.690. The van der Waals surface area contributed by atoms with Crippen LogP contribution in [0, 0.1) is 0 Å². The Hall–Kier alpha value is -2.56. The van der Waals surface area contributed by atoms with E-state index in [1.54, 1.807) is 6.92 Å². The molecule has 0 spiro atoms. The Morgan fingerprint density at radius 1 is 1.32 bits per heavy atom. The van der Waals surface area contributed by atoms with E-state index in [0.29, 0.717) is 23.1 Å². The van der Waals surface area contributed by atoms with Gasteiger partial charge in [0.05, 0.1) is 12.2 Å². The number of ether oxygens (including phenoxy) is 1. The van der Waals surface area contributed by atoms with Crippen molar-refractivity contribution >= 4 is 27.8 Å². The van der Waals surface area contributed by atoms with Gasteiger partial charge in [0.25, 0.3) is 5.56 Å². The molecule has 0 radical (unpaired) electrons. The maximum Gasteiger partial charge on any atom is 0.340 e. The lowest BCUT2D eigenvalue weighted by Crippen LogP contribution is -2.12. The summed E-state index contributed by atoms with van der Waals surface area (Å²) >= 11 is 0. The molecular formula is C14H12N2O3. The van der Waals surface area contributed by atoms with Gasteiger partial charge in [-0.15, -0.1) is 0 Å². The molecule has 0 aliphatic rings. The highest BCUT2D eigenvalue weighted by Crippen LogP contribution is 2.26. The minimum atomic E-state index is -0.437. The van der Waals surface area contributed by atoms with Crippen molar-refractivity contribution in [2.24, 2.45) is 0 Å². The van der Waals surface area contributed by atoms with Crippen molar-refractivity contribution in [1.82, 2.24) is 9.97 Å². The highest BCUT2D eigenvalue weighted by molar-refractivity contribution is 6.16. The Bertz CT molecular complexity index is 829. The first-order valence-corrected chi connectivity index (χ1v) is 6.01. The number of rotatable bonds is 2. The fourth-order valence-electron chi connectivity index (χ4n) is 2.24. The van der Waals surface area contributed by atoms with Gasteiger partial charge >= 0.3 is 5.97 Å². The summed E-state index contributed by atoms with van der Waals surface area (Å²) in [6.45, 7) is 2.04. The molecule has 2 N–H and O–H groups in total. The van der Waals surface area contributed by atoms with E-state index in [1.165, 1.54) is 6.20 Å². The molecule has 2 heterocycles. The Morgan fingerprint density at radius 2 is 2.11 bits per heavy atom. The van der Waals surface area contributed by atoms with Crippen molar-refractivity contribution in [3.05, 3.63) is 46.4 Å². The highest BCUT2D eigenvalue weighted by atomic mass is 16.5. The third kappa shape index (κ3) is 1.71. The molecule has 0 atom stereocenters. The molecule has 0 saturated heterocycles. The van der Waals surface area contributed by atoms with E-state index in [9.17, 15) is 9.59 Å². The van der Waals surface area contributed by atoms with Crippen LogP contribution in [0.25, 0.3) is 21.8 Å². The van der Waals surface area contributed by atoms with Crippen LogP contribution >= 0.6 is 0 Å². The van der Waals surface area contributed by atoms with Crippen LogP contribution in [-0.2, 0) is 4.74 Å². The third-order valence-electron chi connectivity index (χ3n) is 3.05. The summed E-state index contributed by atoms with van der Waals surface area (Å²) in [4.78, 5) is 29.4. The van der Waals surface area contributed by atoms with Crippen LogP contribution in [0.15, 0.2) is 35.3 Å². The van der Waals surface area contributed by atoms with Crippen molar-refractivity contribution in [2.45, 2.75) is 6.92 Å². The number of carbonyl (C=O) groups is 1. The van der Waals surface area contributed by atoms with Crippen LogP contribution in [0.4, 0.5) is 0 Å². The Kier molecular flexibility index (Phi) is 2.59. The molecule has 5 heteroatoms. The van der Waals surface area contributed by atoms with E-state index < -0.39 is 5.97 Å². The van der Waals surface area contributed by atoms with Crippen molar-refractivity contribution in [3.8, 4) is 0 Å². The number of para-hydroxylation sites is 1. The molecule has 0 amide bonds. The van der Waals surface area contributed by atoms with Gasteiger partial charge in [-0.2, -0.15) is 0 Å². The van der Waals surface area contributed by atoms with Crippen LogP contribution in [-0.4, -0.2) is 22.5 Å². The van der Waals surface area contributed by atoms with E-state index in [0.717, 1.165) is 10.9 Å². The van der Waals surface area contributed by atoms with Crippen LogP contribution in [0.3, 0.4) is 0 Å². The maximum absolute atomic E-state index is 12.0. The molecule has 0 aliphatic heterocycles. The second-order valence-electron chi connectivity index (χ2n) is 4.17. The van der Waals surface area contributed by atoms with Crippen LogP contribution in [0.2, 0.25) is 0 Å². The van der Waals surface area contributed by atoms with E-state index in [1.807, 2.05) is 24.3 Å². The number of esters is 1. The van der Waals surface area contributed by atoms with Gasteiger partial charge in [0.2, 0.25) is 0 Å². The minimum Gasteiger partial charge on any atom is -0.462 e. The smallest absolute Gasteiger partial charge is 0.340 e. The van der Waals surface area contributed by atoms with Crippen LogP contribution in [0.1, 0.15) is 17.3 Å². The van der Waals surface area contributed by atoms with Gasteiger partial charge in [0, 0.05) is 22.5 Å². The first-order chi connectivity index (χ1) is 9.22. The molecule has 0 aliphatic carbocycles. The number of pyridine rings is 1. The zero-order valence-electron chi connectivity index (χ0n) is 10.3. The van der Waals surface area contributed by atoms with Crippen molar-refractivity contribution in [2.75, 3.05) is 6.61 Å². The molecule has 5 nitrogen and oxygen atoms in total. The second-order valence-corrected chi connectivity index (χ2v) is 4.17.